The summed E-state index contributed by atoms with van der Waals surface area (Å²) in [5.74, 6) is -2.98. The molecule has 3 amide bonds. The number of hydrogen-bond donors (Lipinski definition) is 3. The summed E-state index contributed by atoms with van der Waals surface area (Å²) in [4.78, 5) is 52.8. The maximum atomic E-state index is 12.9. The molecule has 38 heavy (non-hydrogen) atoms. The number of rotatable bonds is 10. The maximum absolute atomic E-state index is 12.9. The number of β-lactam (4-membered cyclic amide) rings is 1. The van der Waals surface area contributed by atoms with Crippen LogP contribution in [0, 0.1) is 11.8 Å². The first kappa shape index (κ1) is 27.7. The van der Waals surface area contributed by atoms with Crippen LogP contribution in [0.2, 0.25) is 0 Å². The summed E-state index contributed by atoms with van der Waals surface area (Å²) in [6, 6.07) is -0.583. The van der Waals surface area contributed by atoms with Crippen LogP contribution in [0.15, 0.2) is 35.8 Å². The lowest BCUT2D eigenvalue weighted by Crippen LogP contribution is -2.63. The normalized spacial score (nSPS) is 27.3. The molecule has 6 atom stereocenters. The second-order valence-corrected chi connectivity index (χ2v) is 11.4. The Balaban J connectivity index is 1.52. The van der Waals surface area contributed by atoms with Crippen molar-refractivity contribution in [2.45, 2.75) is 56.7 Å². The Morgan fingerprint density at radius 2 is 2.11 bits per heavy atom. The number of aromatic nitrogens is 2. The molecule has 3 aliphatic heterocycles. The van der Waals surface area contributed by atoms with Gasteiger partial charge in [0.1, 0.15) is 18.5 Å². The first-order chi connectivity index (χ1) is 18.0. The molecule has 0 aromatic carbocycles. The van der Waals surface area contributed by atoms with E-state index in [2.05, 4.69) is 6.58 Å². The molecule has 0 saturated carbocycles. The number of nitrogens with two attached hydrogens (primary N) is 1. The zero-order chi connectivity index (χ0) is 27.9. The van der Waals surface area contributed by atoms with Gasteiger partial charge in [0.05, 0.1) is 31.7 Å². The molecule has 12 nitrogen and oxygen atoms in total. The molecule has 0 bridgehead atoms. The fourth-order valence-corrected chi connectivity index (χ4v) is 7.32. The summed E-state index contributed by atoms with van der Waals surface area (Å²) in [7, 11) is 1.73. The van der Waals surface area contributed by atoms with Gasteiger partial charge in [0.15, 0.2) is 0 Å². The third kappa shape index (κ3) is 4.92. The van der Waals surface area contributed by atoms with Gasteiger partial charge in [0.25, 0.3) is 5.91 Å². The van der Waals surface area contributed by atoms with E-state index in [0.717, 1.165) is 0 Å². The third-order valence-corrected chi connectivity index (χ3v) is 9.00. The molecular weight excluding hydrogens is 514 g/mol. The smallest absolute Gasteiger partial charge is 0.410 e. The minimum atomic E-state index is -1.18. The number of likely N-dealkylation sites (tertiary alicyclic amines) is 1. The number of hydrogen-bond acceptors (Lipinski definition) is 7. The summed E-state index contributed by atoms with van der Waals surface area (Å²) < 4.78 is 8.79. The highest BCUT2D eigenvalue weighted by Crippen LogP contribution is 2.52. The second kappa shape index (κ2) is 10.8. The lowest BCUT2D eigenvalue weighted by atomic mass is 9.79. The molecule has 1 aromatic rings. The number of thioether (sulfide) groups is 1. The van der Waals surface area contributed by atoms with Gasteiger partial charge in [-0.1, -0.05) is 19.6 Å². The lowest BCUT2D eigenvalue weighted by molar-refractivity contribution is -0.697. The summed E-state index contributed by atoms with van der Waals surface area (Å²) >= 11 is 1.39. The van der Waals surface area contributed by atoms with E-state index < -0.39 is 36.0 Å². The van der Waals surface area contributed by atoms with Crippen molar-refractivity contribution in [1.82, 2.24) is 14.4 Å². The van der Waals surface area contributed by atoms with E-state index in [4.69, 9.17) is 10.5 Å². The number of ether oxygens (including phenoxy) is 1. The summed E-state index contributed by atoms with van der Waals surface area (Å²) in [6.07, 6.45) is 4.72. The number of fused-ring (bicyclic) bond motifs is 1. The number of carboxylic acid groups (broad SMARTS) is 1. The third-order valence-electron chi connectivity index (χ3n) is 7.50. The van der Waals surface area contributed by atoms with Gasteiger partial charge in [0.2, 0.25) is 17.9 Å². The zero-order valence-corrected chi connectivity index (χ0v) is 22.5. The molecule has 0 aliphatic carbocycles. The predicted octanol–water partition coefficient (Wildman–Crippen LogP) is 0.454. The van der Waals surface area contributed by atoms with Gasteiger partial charge in [0, 0.05) is 35.1 Å². The summed E-state index contributed by atoms with van der Waals surface area (Å²) in [6.45, 7) is 7.95. The van der Waals surface area contributed by atoms with Crippen LogP contribution in [0.25, 0.3) is 0 Å². The molecule has 2 saturated heterocycles. The van der Waals surface area contributed by atoms with Gasteiger partial charge in [-0.25, -0.2) is 18.7 Å². The van der Waals surface area contributed by atoms with E-state index in [0.29, 0.717) is 36.5 Å². The molecule has 0 spiro atoms. The minimum absolute atomic E-state index is 0.0301. The Kier molecular flexibility index (Phi) is 7.88. The number of carboxylic acids is 1. The van der Waals surface area contributed by atoms with Crippen molar-refractivity contribution in [2.24, 2.45) is 24.6 Å². The van der Waals surface area contributed by atoms with Crippen molar-refractivity contribution < 1.29 is 38.7 Å². The van der Waals surface area contributed by atoms with E-state index in [-0.39, 0.29) is 35.4 Å². The van der Waals surface area contributed by atoms with Crippen molar-refractivity contribution >= 4 is 35.6 Å². The Hall–Kier alpha value is -3.32. The number of carbonyl (C=O) groups excluding carboxylic acids is 3. The van der Waals surface area contributed by atoms with Crippen LogP contribution >= 0.6 is 11.8 Å². The van der Waals surface area contributed by atoms with Crippen LogP contribution < -0.4 is 10.3 Å². The monoisotopic (exact) mass is 548 g/mol. The van der Waals surface area contributed by atoms with Crippen LogP contribution in [0.1, 0.15) is 37.2 Å². The van der Waals surface area contributed by atoms with E-state index >= 15 is 0 Å². The van der Waals surface area contributed by atoms with E-state index in [1.807, 2.05) is 11.5 Å². The number of aliphatic hydroxyl groups excluding tert-OH is 1. The highest BCUT2D eigenvalue weighted by molar-refractivity contribution is 8.03. The minimum Gasteiger partial charge on any atom is -0.477 e. The number of aryl methyl sites for hydroxylation is 2. The Morgan fingerprint density at radius 1 is 1.39 bits per heavy atom. The molecule has 206 valence electrons. The van der Waals surface area contributed by atoms with Crippen molar-refractivity contribution in [2.75, 3.05) is 13.2 Å². The number of aliphatic carboxylic acids is 1. The quantitative estimate of drug-likeness (QED) is 0.216. The number of nitrogens with zero attached hydrogens (tertiary/aromatic N) is 4. The van der Waals surface area contributed by atoms with Crippen LogP contribution in [0.5, 0.6) is 0 Å². The van der Waals surface area contributed by atoms with Gasteiger partial charge >= 0.3 is 12.1 Å². The Morgan fingerprint density at radius 3 is 2.68 bits per heavy atom. The molecule has 0 unspecified atom stereocenters. The van der Waals surface area contributed by atoms with E-state index in [9.17, 15) is 29.4 Å². The van der Waals surface area contributed by atoms with Crippen LogP contribution in [0.3, 0.4) is 0 Å². The largest absolute Gasteiger partial charge is 0.477 e. The number of aliphatic hydroxyl groups is 1. The van der Waals surface area contributed by atoms with Crippen molar-refractivity contribution in [3.05, 3.63) is 41.5 Å². The molecule has 13 heteroatoms. The highest BCUT2D eigenvalue weighted by atomic mass is 32.2. The Bertz CT molecular complexity index is 1190. The van der Waals surface area contributed by atoms with E-state index in [1.54, 1.807) is 36.0 Å². The molecule has 4 heterocycles. The van der Waals surface area contributed by atoms with Crippen LogP contribution in [-0.4, -0.2) is 85.0 Å². The maximum Gasteiger partial charge on any atom is 0.410 e. The fourth-order valence-electron chi connectivity index (χ4n) is 5.75. The predicted molar refractivity (Wildman–Crippen MR) is 136 cm³/mol. The molecule has 4 rings (SSSR count). The molecule has 0 radical (unpaired) electrons. The average molecular weight is 549 g/mol. The topological polar surface area (TPSA) is 159 Å². The first-order valence-electron chi connectivity index (χ1n) is 12.5. The SMILES string of the molecule is C=CCOC(=O)N1C[C@@H](SC2=C(C(=O)O)N3C(=O)[C@H]([C@@H](C)O)[C@H]3[C@H]2C)C[C@H]1CC[n+]1cc(C(N)=O)n(C)c1. The van der Waals surface area contributed by atoms with Crippen LogP contribution in [-0.2, 0) is 27.9 Å². The van der Waals surface area contributed by atoms with Crippen LogP contribution in [0.4, 0.5) is 4.79 Å². The van der Waals surface area contributed by atoms with E-state index in [1.165, 1.54) is 22.7 Å². The number of amides is 3. The first-order valence-corrected chi connectivity index (χ1v) is 13.4. The van der Waals surface area contributed by atoms with Gasteiger partial charge < -0.3 is 30.5 Å². The van der Waals surface area contributed by atoms with Gasteiger partial charge in [-0.2, -0.15) is 0 Å². The summed E-state index contributed by atoms with van der Waals surface area (Å²) in [5, 5.41) is 19.9. The van der Waals surface area contributed by atoms with Crippen molar-refractivity contribution in [3.63, 3.8) is 0 Å². The highest BCUT2D eigenvalue weighted by Gasteiger charge is 2.60. The van der Waals surface area contributed by atoms with Crippen molar-refractivity contribution in [1.29, 1.82) is 0 Å². The van der Waals surface area contributed by atoms with Gasteiger partial charge in [-0.3, -0.25) is 9.59 Å². The average Bonchev–Trinajstić information content (AvgIpc) is 3.49. The number of imidazole rings is 1. The molecular formula is C25H34N5O7S+. The molecule has 3 aliphatic rings. The number of primary amides is 1. The molecule has 4 N–H and O–H groups in total. The summed E-state index contributed by atoms with van der Waals surface area (Å²) in [5.41, 5.74) is 5.75. The molecule has 2 fully saturated rings. The standard InChI is InChI=1S/C25H33N5O7S/c1-5-8-37-25(36)29-10-16(9-15(29)6-7-28-11-17(22(26)32)27(4)12-28)38-21-13(2)19-18(14(3)31)23(33)30(19)20(21)24(34)35/h5,11-16,18-19,31H,1,6-10H2,2-4H3,(H2-,26,32,34,35)/p+1/t13-,14-,15-,16+,18-,19-/m1/s1. The Labute approximate surface area is 224 Å². The fraction of sp³-hybridized carbons (Fsp3) is 0.560. The van der Waals surface area contributed by atoms with Gasteiger partial charge in [-0.05, 0) is 13.3 Å². The number of carbonyl (C=O) groups is 4. The second-order valence-electron chi connectivity index (χ2n) is 10.1. The lowest BCUT2D eigenvalue weighted by Gasteiger charge is -2.46. The zero-order valence-electron chi connectivity index (χ0n) is 21.6. The molecule has 1 aromatic heterocycles. The van der Waals surface area contributed by atoms with Crippen molar-refractivity contribution in [3.8, 4) is 0 Å². The van der Waals surface area contributed by atoms with Gasteiger partial charge in [-0.15, -0.1) is 11.8 Å².